The number of hydrogen-bond donors (Lipinski definition) is 1. The molecule has 0 amide bonds. The van der Waals surface area contributed by atoms with E-state index < -0.39 is 26.0 Å². The Bertz CT molecular complexity index is 792. The number of esters is 1. The molecule has 128 valence electrons. The lowest BCUT2D eigenvalue weighted by molar-refractivity contribution is 0.0285. The molecular formula is C15H12Cl3NO4S. The molecule has 0 fully saturated rings. The molecule has 9 heteroatoms. The molecule has 0 aliphatic heterocycles. The van der Waals surface area contributed by atoms with E-state index in [1.165, 1.54) is 36.4 Å². The van der Waals surface area contributed by atoms with E-state index in [2.05, 4.69) is 4.72 Å². The maximum Gasteiger partial charge on any atom is 0.339 e. The van der Waals surface area contributed by atoms with E-state index in [4.69, 9.17) is 39.5 Å². The summed E-state index contributed by atoms with van der Waals surface area (Å²) >= 11 is 17.3. The fourth-order valence-electron chi connectivity index (χ4n) is 1.72. The maximum absolute atomic E-state index is 12.3. The van der Waals surface area contributed by atoms with Crippen molar-refractivity contribution in [2.24, 2.45) is 0 Å². The lowest BCUT2D eigenvalue weighted by Crippen LogP contribution is -2.46. The third kappa shape index (κ3) is 5.09. The molecule has 5 nitrogen and oxygen atoms in total. The Morgan fingerprint density at radius 1 is 0.958 bits per heavy atom. The Morgan fingerprint density at radius 3 is 1.96 bits per heavy atom. The second kappa shape index (κ2) is 7.72. The predicted molar refractivity (Wildman–Crippen MR) is 92.7 cm³/mol. The van der Waals surface area contributed by atoms with Gasteiger partial charge in [-0.3, -0.25) is 0 Å². The first kappa shape index (κ1) is 19.0. The Balaban J connectivity index is 2.23. The molecule has 2 aromatic carbocycles. The van der Waals surface area contributed by atoms with Crippen LogP contribution in [0, 0.1) is 0 Å². The zero-order valence-corrected chi connectivity index (χ0v) is 15.1. The fourth-order valence-corrected chi connectivity index (χ4v) is 3.37. The number of benzene rings is 2. The quantitative estimate of drug-likeness (QED) is 0.467. The molecule has 1 N–H and O–H groups in total. The van der Waals surface area contributed by atoms with Crippen LogP contribution in [0.1, 0.15) is 10.4 Å². The van der Waals surface area contributed by atoms with Crippen LogP contribution in [0.5, 0.6) is 0 Å². The topological polar surface area (TPSA) is 72.5 Å². The lowest BCUT2D eigenvalue weighted by atomic mass is 10.2. The minimum absolute atomic E-state index is 0.0555. The summed E-state index contributed by atoms with van der Waals surface area (Å²) < 4.78 is 29.6. The predicted octanol–water partition coefficient (Wildman–Crippen LogP) is 3.52. The van der Waals surface area contributed by atoms with Crippen molar-refractivity contribution in [2.45, 2.75) is 14.9 Å². The van der Waals surface area contributed by atoms with Crippen LogP contribution in [0.4, 0.5) is 0 Å². The molecule has 24 heavy (non-hydrogen) atoms. The van der Waals surface area contributed by atoms with Gasteiger partial charge in [0.1, 0.15) is 0 Å². The van der Waals surface area contributed by atoms with Crippen molar-refractivity contribution in [3.63, 3.8) is 0 Å². The number of rotatable bonds is 5. The number of ether oxygens (including phenoxy) is 1. The SMILES string of the molecule is O=C(O[C@@H](NS(=O)(=O)c1ccccc1)C(Cl)(Cl)Cl)c1ccccc1. The maximum atomic E-state index is 12.3. The molecule has 2 aromatic rings. The Labute approximate surface area is 154 Å². The number of hydrogen-bond acceptors (Lipinski definition) is 4. The summed E-state index contributed by atoms with van der Waals surface area (Å²) in [5.74, 6) is -0.831. The van der Waals surface area contributed by atoms with Gasteiger partial charge in [-0.25, -0.2) is 13.2 Å². The largest absolute Gasteiger partial charge is 0.437 e. The lowest BCUT2D eigenvalue weighted by Gasteiger charge is -2.25. The zero-order chi connectivity index (χ0) is 17.8. The highest BCUT2D eigenvalue weighted by molar-refractivity contribution is 7.89. The van der Waals surface area contributed by atoms with Gasteiger partial charge in [0, 0.05) is 0 Å². The van der Waals surface area contributed by atoms with Crippen molar-refractivity contribution >= 4 is 50.8 Å². The van der Waals surface area contributed by atoms with Crippen molar-refractivity contribution in [3.05, 3.63) is 66.2 Å². The Morgan fingerprint density at radius 2 is 1.46 bits per heavy atom. The van der Waals surface area contributed by atoms with Gasteiger partial charge < -0.3 is 4.74 Å². The summed E-state index contributed by atoms with van der Waals surface area (Å²) in [5, 5.41) is 0. The highest BCUT2D eigenvalue weighted by atomic mass is 35.6. The van der Waals surface area contributed by atoms with E-state index in [9.17, 15) is 13.2 Å². The van der Waals surface area contributed by atoms with Gasteiger partial charge in [-0.1, -0.05) is 71.2 Å². The van der Waals surface area contributed by atoms with Gasteiger partial charge in [0.15, 0.2) is 0 Å². The summed E-state index contributed by atoms with van der Waals surface area (Å²) in [7, 11) is -4.05. The molecule has 1 atom stereocenters. The second-order valence-corrected chi connectivity index (χ2v) is 8.71. The first-order valence-electron chi connectivity index (χ1n) is 6.60. The van der Waals surface area contributed by atoms with E-state index in [1.807, 2.05) is 0 Å². The van der Waals surface area contributed by atoms with Gasteiger partial charge in [-0.05, 0) is 24.3 Å². The number of sulfonamides is 1. The van der Waals surface area contributed by atoms with Gasteiger partial charge in [0.2, 0.25) is 20.0 Å². The molecular weight excluding hydrogens is 397 g/mol. The van der Waals surface area contributed by atoms with Crippen molar-refractivity contribution in [3.8, 4) is 0 Å². The van der Waals surface area contributed by atoms with Gasteiger partial charge >= 0.3 is 5.97 Å². The molecule has 0 aliphatic carbocycles. The summed E-state index contributed by atoms with van der Waals surface area (Å²) in [6.45, 7) is 0. The van der Waals surface area contributed by atoms with Crippen LogP contribution in [0.3, 0.4) is 0 Å². The number of carbonyl (C=O) groups is 1. The molecule has 0 bridgehead atoms. The average molecular weight is 409 g/mol. The van der Waals surface area contributed by atoms with Crippen LogP contribution in [0.2, 0.25) is 0 Å². The van der Waals surface area contributed by atoms with Crippen LogP contribution < -0.4 is 4.72 Å². The van der Waals surface area contributed by atoms with Crippen LogP contribution in [-0.2, 0) is 14.8 Å². The minimum atomic E-state index is -4.05. The molecule has 0 aliphatic rings. The van der Waals surface area contributed by atoms with Crippen molar-refractivity contribution < 1.29 is 17.9 Å². The van der Waals surface area contributed by atoms with E-state index in [1.54, 1.807) is 24.3 Å². The van der Waals surface area contributed by atoms with Crippen LogP contribution in [0.25, 0.3) is 0 Å². The number of carbonyl (C=O) groups excluding carboxylic acids is 1. The van der Waals surface area contributed by atoms with Gasteiger partial charge in [-0.2, -0.15) is 4.72 Å². The zero-order valence-electron chi connectivity index (χ0n) is 12.0. The van der Waals surface area contributed by atoms with Crippen LogP contribution in [0.15, 0.2) is 65.6 Å². The highest BCUT2D eigenvalue weighted by Gasteiger charge is 2.39. The standard InChI is InChI=1S/C15H12Cl3NO4S/c16-15(17,18)14(23-13(20)11-7-3-1-4-8-11)19-24(21,22)12-9-5-2-6-10-12/h1-10,14,19H/t14-/m1/s1. The van der Waals surface area contributed by atoms with E-state index in [0.29, 0.717) is 0 Å². The Kier molecular flexibility index (Phi) is 6.11. The molecule has 0 unspecified atom stereocenters. The minimum Gasteiger partial charge on any atom is -0.437 e. The fraction of sp³-hybridized carbons (Fsp3) is 0.133. The third-order valence-electron chi connectivity index (χ3n) is 2.85. The third-order valence-corrected chi connectivity index (χ3v) is 4.86. The molecule has 0 aromatic heterocycles. The molecule has 0 saturated heterocycles. The van der Waals surface area contributed by atoms with Crippen molar-refractivity contribution in [2.75, 3.05) is 0 Å². The van der Waals surface area contributed by atoms with Crippen LogP contribution in [-0.4, -0.2) is 24.4 Å². The number of nitrogens with one attached hydrogen (secondary N) is 1. The molecule has 0 heterocycles. The first-order chi connectivity index (χ1) is 11.2. The van der Waals surface area contributed by atoms with E-state index in [-0.39, 0.29) is 10.5 Å². The van der Waals surface area contributed by atoms with E-state index in [0.717, 1.165) is 0 Å². The highest BCUT2D eigenvalue weighted by Crippen LogP contribution is 2.32. The van der Waals surface area contributed by atoms with Crippen LogP contribution >= 0.6 is 34.8 Å². The summed E-state index contributed by atoms with van der Waals surface area (Å²) in [4.78, 5) is 12.0. The summed E-state index contributed by atoms with van der Waals surface area (Å²) in [6, 6.07) is 15.4. The first-order valence-corrected chi connectivity index (χ1v) is 9.22. The van der Waals surface area contributed by atoms with E-state index >= 15 is 0 Å². The molecule has 0 saturated carbocycles. The monoisotopic (exact) mass is 407 g/mol. The smallest absolute Gasteiger partial charge is 0.339 e. The second-order valence-electron chi connectivity index (χ2n) is 4.63. The summed E-state index contributed by atoms with van der Waals surface area (Å²) in [6.07, 6.45) is -1.71. The number of halogens is 3. The van der Waals surface area contributed by atoms with Crippen molar-refractivity contribution in [1.82, 2.24) is 4.72 Å². The van der Waals surface area contributed by atoms with Crippen molar-refractivity contribution in [1.29, 1.82) is 0 Å². The Hall–Kier alpha value is -1.31. The molecule has 2 rings (SSSR count). The average Bonchev–Trinajstić information content (AvgIpc) is 2.55. The number of alkyl halides is 3. The van der Waals surface area contributed by atoms with Gasteiger partial charge in [0.05, 0.1) is 10.5 Å². The summed E-state index contributed by atoms with van der Waals surface area (Å²) in [5.41, 5.74) is 0.190. The van der Waals surface area contributed by atoms with Gasteiger partial charge in [0.25, 0.3) is 0 Å². The van der Waals surface area contributed by atoms with Gasteiger partial charge in [-0.15, -0.1) is 0 Å². The molecule has 0 spiro atoms. The normalized spacial score (nSPS) is 13.3. The molecule has 0 radical (unpaired) electrons.